The normalized spacial score (nSPS) is 13.5. The Kier molecular flexibility index (Phi) is 5.85. The number of aryl methyl sites for hydroxylation is 2. The van der Waals surface area contributed by atoms with Gasteiger partial charge in [-0.3, -0.25) is 15.1 Å². The average molecular weight is 463 g/mol. The van der Waals surface area contributed by atoms with Crippen molar-refractivity contribution in [2.75, 3.05) is 0 Å². The number of hydrogen-bond acceptors (Lipinski definition) is 6. The Hall–Kier alpha value is -3.44. The van der Waals surface area contributed by atoms with Crippen LogP contribution in [0.1, 0.15) is 32.1 Å². The predicted octanol–water partition coefficient (Wildman–Crippen LogP) is 7.30. The molecule has 2 heterocycles. The fraction of sp³-hybridized carbons (Fsp3) is 0.240. The second kappa shape index (κ2) is 8.49. The van der Waals surface area contributed by atoms with Gasteiger partial charge in [0.2, 0.25) is 7.28 Å². The monoisotopic (exact) mass is 463 g/mol. The smallest absolute Gasteiger partial charge is 0.271 e. The average Bonchev–Trinajstić information content (AvgIpc) is 3.20. The Morgan fingerprint density at radius 3 is 2.48 bits per heavy atom. The van der Waals surface area contributed by atoms with E-state index in [0.29, 0.717) is 16.9 Å². The molecule has 4 aromatic rings. The van der Waals surface area contributed by atoms with Gasteiger partial charge in [-0.25, -0.2) is 4.74 Å². The molecule has 0 N–H and O–H groups in total. The molecule has 0 radical (unpaired) electrons. The highest BCUT2D eigenvalue weighted by Crippen LogP contribution is 2.63. The SMILES string of the molecule is Cc1ccc(P(=Nc2cc([N+](=O)[O-])ccc2C)(Oc2cccc3cccnc23)C(C)(C)C)o1. The predicted molar refractivity (Wildman–Crippen MR) is 132 cm³/mol. The molecule has 1 atom stereocenters. The standard InChI is InChI=1S/C25H26N3O4P/c1-17-11-13-20(28(29)30)16-21(17)27-33(25(3,4)5,23-14-12-18(2)31-23)32-22-10-6-8-19-9-7-15-26-24(19)22/h6-16H,1-5H3. The summed E-state index contributed by atoms with van der Waals surface area (Å²) in [5.41, 5.74) is 2.65. The molecule has 0 amide bonds. The van der Waals surface area contributed by atoms with Gasteiger partial charge in [0.05, 0.1) is 10.6 Å². The van der Waals surface area contributed by atoms with E-state index in [1.54, 1.807) is 12.3 Å². The van der Waals surface area contributed by atoms with Crippen LogP contribution in [0.5, 0.6) is 5.75 Å². The summed E-state index contributed by atoms with van der Waals surface area (Å²) in [6.45, 7) is 9.90. The van der Waals surface area contributed by atoms with Crippen molar-refractivity contribution in [2.45, 2.75) is 39.8 Å². The number of nitrogens with zero attached hydrogens (tertiary/aromatic N) is 3. The number of fused-ring (bicyclic) bond motifs is 1. The van der Waals surface area contributed by atoms with Crippen molar-refractivity contribution in [2.24, 2.45) is 4.74 Å². The van der Waals surface area contributed by atoms with E-state index in [-0.39, 0.29) is 5.69 Å². The Balaban J connectivity index is 2.05. The summed E-state index contributed by atoms with van der Waals surface area (Å²) < 4.78 is 18.1. The second-order valence-electron chi connectivity index (χ2n) is 8.88. The van der Waals surface area contributed by atoms with Crippen molar-refractivity contribution in [3.8, 4) is 5.75 Å². The number of para-hydroxylation sites is 1. The second-order valence-corrected chi connectivity index (χ2v) is 12.2. The lowest BCUT2D eigenvalue weighted by atomic mass is 10.2. The van der Waals surface area contributed by atoms with Crippen LogP contribution >= 0.6 is 7.28 Å². The molecule has 0 spiro atoms. The summed E-state index contributed by atoms with van der Waals surface area (Å²) in [4.78, 5) is 15.6. The zero-order valence-corrected chi connectivity index (χ0v) is 20.2. The van der Waals surface area contributed by atoms with Crippen LogP contribution in [-0.2, 0) is 0 Å². The van der Waals surface area contributed by atoms with Crippen molar-refractivity contribution >= 4 is 35.1 Å². The Labute approximate surface area is 192 Å². The van der Waals surface area contributed by atoms with Gasteiger partial charge in [0.1, 0.15) is 11.3 Å². The highest BCUT2D eigenvalue weighted by Gasteiger charge is 2.42. The highest BCUT2D eigenvalue weighted by molar-refractivity contribution is 7.70. The van der Waals surface area contributed by atoms with Gasteiger partial charge >= 0.3 is 0 Å². The zero-order chi connectivity index (χ0) is 23.8. The first-order valence-electron chi connectivity index (χ1n) is 10.6. The minimum absolute atomic E-state index is 0.0196. The van der Waals surface area contributed by atoms with Crippen molar-refractivity contribution in [1.82, 2.24) is 4.98 Å². The van der Waals surface area contributed by atoms with Crippen LogP contribution in [0.25, 0.3) is 10.9 Å². The third-order valence-electron chi connectivity index (χ3n) is 5.41. The van der Waals surface area contributed by atoms with E-state index in [1.165, 1.54) is 12.1 Å². The van der Waals surface area contributed by atoms with Crippen molar-refractivity contribution in [3.63, 3.8) is 0 Å². The summed E-state index contributed by atoms with van der Waals surface area (Å²) >= 11 is 0. The van der Waals surface area contributed by atoms with Gasteiger partial charge in [0, 0.05) is 28.9 Å². The lowest BCUT2D eigenvalue weighted by molar-refractivity contribution is -0.384. The van der Waals surface area contributed by atoms with Gasteiger partial charge in [0.25, 0.3) is 5.69 Å². The van der Waals surface area contributed by atoms with Gasteiger partial charge in [-0.1, -0.05) is 45.0 Å². The molecule has 1 unspecified atom stereocenters. The number of furan rings is 1. The van der Waals surface area contributed by atoms with Crippen LogP contribution in [0.3, 0.4) is 0 Å². The van der Waals surface area contributed by atoms with Crippen molar-refractivity contribution < 1.29 is 13.9 Å². The molecule has 170 valence electrons. The van der Waals surface area contributed by atoms with Crippen LogP contribution in [-0.4, -0.2) is 15.1 Å². The van der Waals surface area contributed by atoms with E-state index < -0.39 is 17.4 Å². The fourth-order valence-electron chi connectivity index (χ4n) is 3.58. The minimum Gasteiger partial charge on any atom is -0.457 e. The van der Waals surface area contributed by atoms with E-state index in [0.717, 1.165) is 22.2 Å². The van der Waals surface area contributed by atoms with E-state index in [9.17, 15) is 10.1 Å². The van der Waals surface area contributed by atoms with Crippen molar-refractivity contribution in [1.29, 1.82) is 0 Å². The molecular weight excluding hydrogens is 437 g/mol. The van der Waals surface area contributed by atoms with E-state index in [2.05, 4.69) is 4.98 Å². The number of rotatable bonds is 5. The Morgan fingerprint density at radius 2 is 1.82 bits per heavy atom. The third kappa shape index (κ3) is 4.29. The highest BCUT2D eigenvalue weighted by atomic mass is 31.2. The lowest BCUT2D eigenvalue weighted by Gasteiger charge is -2.35. The number of aromatic nitrogens is 1. The Morgan fingerprint density at radius 1 is 1.06 bits per heavy atom. The molecule has 33 heavy (non-hydrogen) atoms. The Bertz CT molecular complexity index is 1400. The molecule has 0 aliphatic rings. The first-order chi connectivity index (χ1) is 15.6. The number of benzene rings is 2. The summed E-state index contributed by atoms with van der Waals surface area (Å²) in [5.74, 6) is 1.33. The summed E-state index contributed by atoms with van der Waals surface area (Å²) in [7, 11) is -2.94. The number of hydrogen-bond donors (Lipinski definition) is 0. The number of non-ortho nitro benzene ring substituents is 1. The molecule has 0 fully saturated rings. The van der Waals surface area contributed by atoms with Gasteiger partial charge in [-0.15, -0.1) is 0 Å². The van der Waals surface area contributed by atoms with Gasteiger partial charge < -0.3 is 8.94 Å². The van der Waals surface area contributed by atoms with Gasteiger partial charge in [0.15, 0.2) is 11.3 Å². The summed E-state index contributed by atoms with van der Waals surface area (Å²) in [5, 5.41) is 11.9. The maximum Gasteiger partial charge on any atom is 0.271 e. The third-order valence-corrected chi connectivity index (χ3v) is 9.03. The quantitative estimate of drug-likeness (QED) is 0.176. The topological polar surface area (TPSA) is 90.8 Å². The molecule has 2 aromatic heterocycles. The molecule has 0 saturated carbocycles. The largest absolute Gasteiger partial charge is 0.457 e. The van der Waals surface area contributed by atoms with Crippen LogP contribution in [0.4, 0.5) is 11.4 Å². The molecule has 7 nitrogen and oxygen atoms in total. The summed E-state index contributed by atoms with van der Waals surface area (Å²) in [6, 6.07) is 18.1. The maximum atomic E-state index is 11.5. The van der Waals surface area contributed by atoms with Crippen molar-refractivity contribution in [3.05, 3.63) is 88.3 Å². The molecule has 0 saturated heterocycles. The number of pyridine rings is 1. The minimum atomic E-state index is -2.94. The van der Waals surface area contributed by atoms with Crippen LogP contribution in [0.2, 0.25) is 0 Å². The van der Waals surface area contributed by atoms with Crippen LogP contribution < -0.4 is 10.0 Å². The lowest BCUT2D eigenvalue weighted by Crippen LogP contribution is -2.26. The molecule has 8 heteroatoms. The van der Waals surface area contributed by atoms with E-state index in [4.69, 9.17) is 13.7 Å². The molecular formula is C25H26N3O4P. The molecule has 0 bridgehead atoms. The van der Waals surface area contributed by atoms with Crippen LogP contribution in [0, 0.1) is 24.0 Å². The number of nitro groups is 1. The molecule has 0 aliphatic carbocycles. The first kappa shape index (κ1) is 22.7. The van der Waals surface area contributed by atoms with Gasteiger partial charge in [-0.05, 0) is 43.7 Å². The molecule has 2 aromatic carbocycles. The number of nitro benzene ring substituents is 1. The fourth-order valence-corrected chi connectivity index (χ4v) is 6.54. The van der Waals surface area contributed by atoms with E-state index in [1.807, 2.05) is 77.1 Å². The first-order valence-corrected chi connectivity index (χ1v) is 12.2. The maximum absolute atomic E-state index is 11.5. The van der Waals surface area contributed by atoms with E-state index >= 15 is 0 Å². The van der Waals surface area contributed by atoms with Crippen LogP contribution in [0.15, 0.2) is 76.0 Å². The summed E-state index contributed by atoms with van der Waals surface area (Å²) in [6.07, 6.45) is 1.73. The van der Waals surface area contributed by atoms with Gasteiger partial charge in [-0.2, -0.15) is 0 Å². The zero-order valence-electron chi connectivity index (χ0n) is 19.3. The molecule has 0 aliphatic heterocycles. The molecule has 4 rings (SSSR count).